The quantitative estimate of drug-likeness (QED) is 0.293. The van der Waals surface area contributed by atoms with E-state index in [0.717, 1.165) is 20.2 Å². The molecule has 0 aromatic heterocycles. The second-order valence-electron chi connectivity index (χ2n) is 5.00. The second-order valence-corrected chi connectivity index (χ2v) is 9.54. The number of urea groups is 1. The molecule has 0 fully saturated rings. The molecular formula is C13H15Br2Cl3N4OS. The number of halogens is 5. The van der Waals surface area contributed by atoms with Gasteiger partial charge >= 0.3 is 6.03 Å². The molecule has 3 N–H and O–H groups in total. The van der Waals surface area contributed by atoms with Crippen LogP contribution in [-0.2, 0) is 0 Å². The molecule has 5 nitrogen and oxygen atoms in total. The van der Waals surface area contributed by atoms with Gasteiger partial charge in [-0.1, -0.05) is 50.7 Å². The molecule has 24 heavy (non-hydrogen) atoms. The van der Waals surface area contributed by atoms with Gasteiger partial charge in [0.1, 0.15) is 0 Å². The molecule has 0 spiro atoms. The number of hydrogen-bond donors (Lipinski definition) is 3. The van der Waals surface area contributed by atoms with Crippen LogP contribution in [0.5, 0.6) is 0 Å². The van der Waals surface area contributed by atoms with Gasteiger partial charge in [0, 0.05) is 23.0 Å². The van der Waals surface area contributed by atoms with Crippen LogP contribution in [0.15, 0.2) is 21.1 Å². The average molecular weight is 542 g/mol. The Morgan fingerprint density at radius 2 is 1.83 bits per heavy atom. The van der Waals surface area contributed by atoms with Crippen LogP contribution in [-0.4, -0.2) is 40.1 Å². The van der Waals surface area contributed by atoms with Crippen molar-refractivity contribution in [1.29, 1.82) is 0 Å². The van der Waals surface area contributed by atoms with E-state index in [-0.39, 0.29) is 5.11 Å². The van der Waals surface area contributed by atoms with Crippen LogP contribution < -0.4 is 16.0 Å². The number of benzene rings is 1. The minimum Gasteiger partial charge on any atom is -0.339 e. The van der Waals surface area contributed by atoms with Crippen LogP contribution >= 0.6 is 78.9 Å². The zero-order chi connectivity index (χ0) is 18.7. The molecule has 0 aliphatic rings. The summed E-state index contributed by atoms with van der Waals surface area (Å²) in [6.45, 7) is 1.92. The normalized spacial score (nSPS) is 12.3. The SMILES string of the molecule is Cc1cc(Br)cc(Br)c1NC(=S)NC(NC(=O)N(C)C)C(Cl)(Cl)Cl. The van der Waals surface area contributed by atoms with Gasteiger partial charge in [-0.05, 0) is 52.8 Å². The fourth-order valence-electron chi connectivity index (χ4n) is 1.59. The van der Waals surface area contributed by atoms with Crippen molar-refractivity contribution in [1.82, 2.24) is 15.5 Å². The van der Waals surface area contributed by atoms with E-state index < -0.39 is 16.0 Å². The number of carbonyl (C=O) groups excluding carboxylic acids is 1. The van der Waals surface area contributed by atoms with Crippen LogP contribution in [0.2, 0.25) is 0 Å². The molecule has 0 heterocycles. The Labute approximate surface area is 178 Å². The Balaban J connectivity index is 2.88. The predicted molar refractivity (Wildman–Crippen MR) is 112 cm³/mol. The van der Waals surface area contributed by atoms with Crippen molar-refractivity contribution >= 4 is 95.7 Å². The molecule has 0 radical (unpaired) electrons. The van der Waals surface area contributed by atoms with Crippen molar-refractivity contribution < 1.29 is 4.79 Å². The van der Waals surface area contributed by atoms with Crippen LogP contribution in [0.4, 0.5) is 10.5 Å². The maximum Gasteiger partial charge on any atom is 0.318 e. The fourth-order valence-corrected chi connectivity index (χ4v) is 3.68. The molecule has 0 aliphatic carbocycles. The highest BCUT2D eigenvalue weighted by Crippen LogP contribution is 2.31. The number of anilines is 1. The van der Waals surface area contributed by atoms with E-state index in [9.17, 15) is 4.79 Å². The maximum atomic E-state index is 11.8. The number of nitrogens with one attached hydrogen (secondary N) is 3. The second kappa shape index (κ2) is 9.09. The number of nitrogens with zero attached hydrogens (tertiary/aromatic N) is 1. The van der Waals surface area contributed by atoms with Crippen LogP contribution in [0.1, 0.15) is 5.56 Å². The lowest BCUT2D eigenvalue weighted by atomic mass is 10.2. The third-order valence-electron chi connectivity index (χ3n) is 2.77. The Hall–Kier alpha value is 0.01000. The molecule has 134 valence electrons. The van der Waals surface area contributed by atoms with Gasteiger partial charge in [0.05, 0.1) is 5.69 Å². The molecule has 0 bridgehead atoms. The van der Waals surface area contributed by atoms with E-state index in [4.69, 9.17) is 47.0 Å². The number of aryl methyl sites for hydroxylation is 1. The summed E-state index contributed by atoms with van der Waals surface area (Å²) in [7, 11) is 3.15. The van der Waals surface area contributed by atoms with Crippen molar-refractivity contribution in [3.8, 4) is 0 Å². The van der Waals surface area contributed by atoms with E-state index in [1.165, 1.54) is 4.90 Å². The molecule has 1 aromatic carbocycles. The summed E-state index contributed by atoms with van der Waals surface area (Å²) in [5.41, 5.74) is 1.71. The first-order chi connectivity index (χ1) is 10.9. The topological polar surface area (TPSA) is 56.4 Å². The third kappa shape index (κ3) is 6.72. The summed E-state index contributed by atoms with van der Waals surface area (Å²) in [4.78, 5) is 13.1. The minimum absolute atomic E-state index is 0.191. The number of hydrogen-bond acceptors (Lipinski definition) is 2. The van der Waals surface area contributed by atoms with E-state index in [0.29, 0.717) is 0 Å². The van der Waals surface area contributed by atoms with Crippen LogP contribution in [0.3, 0.4) is 0 Å². The van der Waals surface area contributed by atoms with E-state index in [1.807, 2.05) is 19.1 Å². The number of alkyl halides is 3. The third-order valence-corrected chi connectivity index (χ3v) is 4.73. The van der Waals surface area contributed by atoms with Crippen molar-refractivity contribution in [2.24, 2.45) is 0 Å². The molecule has 2 amide bonds. The van der Waals surface area contributed by atoms with E-state index in [1.54, 1.807) is 14.1 Å². The molecule has 0 saturated carbocycles. The lowest BCUT2D eigenvalue weighted by molar-refractivity contribution is 0.212. The molecule has 1 atom stereocenters. The average Bonchev–Trinajstić information content (AvgIpc) is 2.40. The minimum atomic E-state index is -1.80. The number of thiocarbonyl (C=S) groups is 1. The van der Waals surface area contributed by atoms with Crippen molar-refractivity contribution in [3.05, 3.63) is 26.6 Å². The highest BCUT2D eigenvalue weighted by molar-refractivity contribution is 9.11. The summed E-state index contributed by atoms with van der Waals surface area (Å²) >= 11 is 29.9. The predicted octanol–water partition coefficient (Wildman–Crippen LogP) is 4.77. The first-order valence-corrected chi connectivity index (χ1v) is 9.62. The van der Waals surface area contributed by atoms with Gasteiger partial charge in [-0.3, -0.25) is 0 Å². The van der Waals surface area contributed by atoms with E-state index >= 15 is 0 Å². The molecule has 1 unspecified atom stereocenters. The van der Waals surface area contributed by atoms with Gasteiger partial charge in [0.25, 0.3) is 0 Å². The lowest BCUT2D eigenvalue weighted by Crippen LogP contribution is -2.57. The van der Waals surface area contributed by atoms with Crippen LogP contribution in [0, 0.1) is 6.92 Å². The number of amides is 2. The Bertz CT molecular complexity index is 617. The fraction of sp³-hybridized carbons (Fsp3) is 0.385. The van der Waals surface area contributed by atoms with Crippen molar-refractivity contribution in [3.63, 3.8) is 0 Å². The summed E-state index contributed by atoms with van der Waals surface area (Å²) in [5.74, 6) is 0. The van der Waals surface area contributed by atoms with Gasteiger partial charge in [-0.25, -0.2) is 4.79 Å². The van der Waals surface area contributed by atoms with Crippen molar-refractivity contribution in [2.45, 2.75) is 16.9 Å². The van der Waals surface area contributed by atoms with Gasteiger partial charge in [-0.2, -0.15) is 0 Å². The molecular weight excluding hydrogens is 526 g/mol. The monoisotopic (exact) mass is 538 g/mol. The zero-order valence-electron chi connectivity index (χ0n) is 12.9. The first kappa shape index (κ1) is 22.1. The highest BCUT2D eigenvalue weighted by atomic mass is 79.9. The number of carbonyl (C=O) groups is 1. The summed E-state index contributed by atoms with van der Waals surface area (Å²) < 4.78 is -0.0707. The van der Waals surface area contributed by atoms with Gasteiger partial charge in [0.2, 0.25) is 3.79 Å². The molecule has 11 heteroatoms. The maximum absolute atomic E-state index is 11.8. The largest absolute Gasteiger partial charge is 0.339 e. The molecule has 0 aliphatic heterocycles. The lowest BCUT2D eigenvalue weighted by Gasteiger charge is -2.29. The molecule has 0 saturated heterocycles. The van der Waals surface area contributed by atoms with E-state index in [2.05, 4.69) is 47.8 Å². The summed E-state index contributed by atoms with van der Waals surface area (Å²) in [6.07, 6.45) is -1.02. The van der Waals surface area contributed by atoms with Gasteiger partial charge < -0.3 is 20.9 Å². The Morgan fingerprint density at radius 1 is 1.25 bits per heavy atom. The number of rotatable bonds is 3. The summed E-state index contributed by atoms with van der Waals surface area (Å²) in [6, 6.07) is 3.37. The van der Waals surface area contributed by atoms with Crippen molar-refractivity contribution in [2.75, 3.05) is 19.4 Å². The molecule has 1 aromatic rings. The standard InChI is InChI=1S/C13H15Br2Cl3N4OS/c1-6-4-7(14)5-8(15)9(6)19-11(24)20-10(13(16,17)18)21-12(23)22(2)3/h4-5,10H,1-3H3,(H,21,23)(H2,19,20,24). The highest BCUT2D eigenvalue weighted by Gasteiger charge is 2.35. The Kier molecular flexibility index (Phi) is 8.36. The first-order valence-electron chi connectivity index (χ1n) is 6.49. The smallest absolute Gasteiger partial charge is 0.318 e. The molecule has 1 rings (SSSR count). The zero-order valence-corrected chi connectivity index (χ0v) is 19.1. The summed E-state index contributed by atoms with van der Waals surface area (Å²) in [5, 5.41) is 8.55. The van der Waals surface area contributed by atoms with Crippen LogP contribution in [0.25, 0.3) is 0 Å². The van der Waals surface area contributed by atoms with Gasteiger partial charge in [-0.15, -0.1) is 0 Å². The Morgan fingerprint density at radius 3 is 2.29 bits per heavy atom. The van der Waals surface area contributed by atoms with Gasteiger partial charge in [0.15, 0.2) is 11.3 Å².